The van der Waals surface area contributed by atoms with Gasteiger partial charge in [0.1, 0.15) is 0 Å². The first kappa shape index (κ1) is 18.7. The first-order valence-electron chi connectivity index (χ1n) is 9.06. The van der Waals surface area contributed by atoms with Crippen molar-refractivity contribution in [1.82, 2.24) is 5.32 Å². The predicted molar refractivity (Wildman–Crippen MR) is 98.1 cm³/mol. The molecule has 0 aromatic heterocycles. The molecule has 0 saturated carbocycles. The van der Waals surface area contributed by atoms with Gasteiger partial charge < -0.3 is 20.5 Å². The smallest absolute Gasteiger partial charge is 0.189 e. The van der Waals surface area contributed by atoms with Gasteiger partial charge in [0.15, 0.2) is 5.96 Å². The first-order valence-corrected chi connectivity index (χ1v) is 9.06. The maximum atomic E-state index is 6.11. The fourth-order valence-electron chi connectivity index (χ4n) is 3.01. The maximum absolute atomic E-state index is 6.11. The molecule has 1 heterocycles. The van der Waals surface area contributed by atoms with Crippen LogP contribution in [-0.4, -0.2) is 38.9 Å². The zero-order valence-corrected chi connectivity index (χ0v) is 14.7. The second kappa shape index (κ2) is 11.0. The Hall–Kier alpha value is -1.59. The van der Waals surface area contributed by atoms with Gasteiger partial charge in [0, 0.05) is 33.0 Å². The third kappa shape index (κ3) is 6.89. The molecule has 0 radical (unpaired) electrons. The summed E-state index contributed by atoms with van der Waals surface area (Å²) in [4.78, 5) is 4.43. The molecule has 2 rings (SSSR count). The highest BCUT2D eigenvalue weighted by molar-refractivity contribution is 5.78. The van der Waals surface area contributed by atoms with Crippen molar-refractivity contribution in [1.29, 1.82) is 0 Å². The van der Waals surface area contributed by atoms with Crippen molar-refractivity contribution >= 4 is 5.96 Å². The SMILES string of the molecule is CCOCCCN=C(N)NC(CC1CCOCC1)c1ccccc1. The van der Waals surface area contributed by atoms with Gasteiger partial charge in [0.05, 0.1) is 6.04 Å². The Balaban J connectivity index is 1.91. The number of guanidine groups is 1. The quantitative estimate of drug-likeness (QED) is 0.414. The number of ether oxygens (including phenoxy) is 2. The third-order valence-corrected chi connectivity index (χ3v) is 4.37. The summed E-state index contributed by atoms with van der Waals surface area (Å²) >= 11 is 0. The summed E-state index contributed by atoms with van der Waals surface area (Å²) in [6.45, 7) is 5.91. The first-order chi connectivity index (χ1) is 11.8. The molecule has 0 amide bonds. The number of rotatable bonds is 9. The van der Waals surface area contributed by atoms with Crippen molar-refractivity contribution in [2.24, 2.45) is 16.6 Å². The van der Waals surface area contributed by atoms with Gasteiger partial charge in [-0.15, -0.1) is 0 Å². The molecule has 0 aliphatic carbocycles. The van der Waals surface area contributed by atoms with E-state index in [1.807, 2.05) is 13.0 Å². The Labute approximate surface area is 145 Å². The Bertz CT molecular complexity index is 473. The molecule has 1 unspecified atom stereocenters. The number of nitrogens with one attached hydrogen (secondary N) is 1. The molecule has 1 aliphatic heterocycles. The zero-order valence-electron chi connectivity index (χ0n) is 14.7. The lowest BCUT2D eigenvalue weighted by Crippen LogP contribution is -2.36. The van der Waals surface area contributed by atoms with Gasteiger partial charge in [-0.05, 0) is 44.1 Å². The van der Waals surface area contributed by atoms with Crippen molar-refractivity contribution in [2.45, 2.75) is 38.6 Å². The molecule has 24 heavy (non-hydrogen) atoms. The summed E-state index contributed by atoms with van der Waals surface area (Å²) in [6, 6.07) is 10.7. The van der Waals surface area contributed by atoms with E-state index in [1.165, 1.54) is 5.56 Å². The van der Waals surface area contributed by atoms with E-state index in [2.05, 4.69) is 34.6 Å². The van der Waals surface area contributed by atoms with E-state index in [0.717, 1.165) is 52.1 Å². The van der Waals surface area contributed by atoms with E-state index in [1.54, 1.807) is 0 Å². The van der Waals surface area contributed by atoms with Crippen LogP contribution in [0.15, 0.2) is 35.3 Å². The standard InChI is InChI=1S/C19H31N3O2/c1-2-23-12-6-11-21-19(20)22-18(17-7-4-3-5-8-17)15-16-9-13-24-14-10-16/h3-5,7-8,16,18H,2,6,9-15H2,1H3,(H3,20,21,22). The lowest BCUT2D eigenvalue weighted by molar-refractivity contribution is 0.0612. The number of nitrogens with zero attached hydrogens (tertiary/aromatic N) is 1. The van der Waals surface area contributed by atoms with Gasteiger partial charge in [0.25, 0.3) is 0 Å². The van der Waals surface area contributed by atoms with Gasteiger partial charge in [0.2, 0.25) is 0 Å². The van der Waals surface area contributed by atoms with Crippen LogP contribution in [0, 0.1) is 5.92 Å². The lowest BCUT2D eigenvalue weighted by Gasteiger charge is -2.28. The van der Waals surface area contributed by atoms with Crippen LogP contribution in [0.25, 0.3) is 0 Å². The molecular weight excluding hydrogens is 302 g/mol. The van der Waals surface area contributed by atoms with Crippen molar-refractivity contribution in [2.75, 3.05) is 33.0 Å². The molecule has 134 valence electrons. The molecule has 5 heteroatoms. The van der Waals surface area contributed by atoms with Gasteiger partial charge in [-0.1, -0.05) is 30.3 Å². The average Bonchev–Trinajstić information content (AvgIpc) is 2.62. The summed E-state index contributed by atoms with van der Waals surface area (Å²) in [5.41, 5.74) is 7.37. The molecule has 1 fully saturated rings. The average molecular weight is 333 g/mol. The second-order valence-corrected chi connectivity index (χ2v) is 6.22. The summed E-state index contributed by atoms with van der Waals surface area (Å²) < 4.78 is 10.8. The van der Waals surface area contributed by atoms with Crippen molar-refractivity contribution in [3.8, 4) is 0 Å². The van der Waals surface area contributed by atoms with Gasteiger partial charge >= 0.3 is 0 Å². The number of nitrogens with two attached hydrogens (primary N) is 1. The fourth-order valence-corrected chi connectivity index (χ4v) is 3.01. The summed E-state index contributed by atoms with van der Waals surface area (Å²) in [6.07, 6.45) is 4.20. The van der Waals surface area contributed by atoms with Crippen LogP contribution >= 0.6 is 0 Å². The van der Waals surface area contributed by atoms with E-state index in [-0.39, 0.29) is 6.04 Å². The zero-order chi connectivity index (χ0) is 17.0. The monoisotopic (exact) mass is 333 g/mol. The number of hydrogen-bond donors (Lipinski definition) is 2. The van der Waals surface area contributed by atoms with E-state index in [0.29, 0.717) is 18.4 Å². The topological polar surface area (TPSA) is 68.9 Å². The van der Waals surface area contributed by atoms with Crippen LogP contribution in [0.5, 0.6) is 0 Å². The summed E-state index contributed by atoms with van der Waals surface area (Å²) in [5, 5.41) is 3.42. The van der Waals surface area contributed by atoms with Crippen LogP contribution in [0.1, 0.15) is 44.2 Å². The largest absolute Gasteiger partial charge is 0.382 e. The van der Waals surface area contributed by atoms with Gasteiger partial charge in [-0.3, -0.25) is 4.99 Å². The summed E-state index contributed by atoms with van der Waals surface area (Å²) in [7, 11) is 0. The molecule has 0 spiro atoms. The highest BCUT2D eigenvalue weighted by Crippen LogP contribution is 2.27. The van der Waals surface area contributed by atoms with Crippen molar-refractivity contribution in [3.05, 3.63) is 35.9 Å². The normalized spacial score (nSPS) is 17.6. The molecule has 1 aliphatic rings. The summed E-state index contributed by atoms with van der Waals surface area (Å²) in [5.74, 6) is 1.19. The number of benzene rings is 1. The Morgan fingerprint density at radius 3 is 2.79 bits per heavy atom. The van der Waals surface area contributed by atoms with Gasteiger partial charge in [-0.25, -0.2) is 0 Å². The van der Waals surface area contributed by atoms with Crippen molar-refractivity contribution < 1.29 is 9.47 Å². The maximum Gasteiger partial charge on any atom is 0.189 e. The van der Waals surface area contributed by atoms with E-state index in [4.69, 9.17) is 15.2 Å². The highest BCUT2D eigenvalue weighted by Gasteiger charge is 2.20. The number of hydrogen-bond acceptors (Lipinski definition) is 3. The third-order valence-electron chi connectivity index (χ3n) is 4.37. The van der Waals surface area contributed by atoms with Gasteiger partial charge in [-0.2, -0.15) is 0 Å². The van der Waals surface area contributed by atoms with Crippen LogP contribution in [0.3, 0.4) is 0 Å². The molecule has 0 bridgehead atoms. The van der Waals surface area contributed by atoms with Crippen LogP contribution in [-0.2, 0) is 9.47 Å². The van der Waals surface area contributed by atoms with E-state index < -0.39 is 0 Å². The molecule has 1 atom stereocenters. The minimum absolute atomic E-state index is 0.199. The lowest BCUT2D eigenvalue weighted by atomic mass is 9.89. The second-order valence-electron chi connectivity index (χ2n) is 6.22. The van der Waals surface area contributed by atoms with Crippen molar-refractivity contribution in [3.63, 3.8) is 0 Å². The van der Waals surface area contributed by atoms with Crippen LogP contribution in [0.2, 0.25) is 0 Å². The number of aliphatic imine (C=N–C) groups is 1. The molecule has 1 aromatic carbocycles. The minimum Gasteiger partial charge on any atom is -0.382 e. The molecule has 3 N–H and O–H groups in total. The fraction of sp³-hybridized carbons (Fsp3) is 0.632. The van der Waals surface area contributed by atoms with Crippen LogP contribution in [0.4, 0.5) is 0 Å². The molecule has 1 saturated heterocycles. The minimum atomic E-state index is 0.199. The predicted octanol–water partition coefficient (Wildman–Crippen LogP) is 2.88. The Morgan fingerprint density at radius 2 is 2.08 bits per heavy atom. The van der Waals surface area contributed by atoms with E-state index in [9.17, 15) is 0 Å². The van der Waals surface area contributed by atoms with E-state index >= 15 is 0 Å². The molecule has 5 nitrogen and oxygen atoms in total. The Morgan fingerprint density at radius 1 is 1.33 bits per heavy atom. The molecular formula is C19H31N3O2. The Kier molecular flexibility index (Phi) is 8.63. The highest BCUT2D eigenvalue weighted by atomic mass is 16.5. The molecule has 1 aromatic rings. The van der Waals surface area contributed by atoms with Crippen LogP contribution < -0.4 is 11.1 Å².